The van der Waals surface area contributed by atoms with Gasteiger partial charge in [-0.15, -0.1) is 0 Å². The van der Waals surface area contributed by atoms with E-state index >= 15 is 0 Å². The summed E-state index contributed by atoms with van der Waals surface area (Å²) in [6, 6.07) is 34.6. The summed E-state index contributed by atoms with van der Waals surface area (Å²) in [4.78, 5) is 11.2. The molecule has 2 aromatic heterocycles. The minimum atomic E-state index is -0.518. The zero-order valence-electron chi connectivity index (χ0n) is 26.8. The number of hydrogen-bond acceptors (Lipinski definition) is 7. The Morgan fingerprint density at radius 3 is 1.27 bits per heavy atom. The predicted molar refractivity (Wildman–Crippen MR) is 170 cm³/mol. The molecule has 11 heteroatoms. The van der Waals surface area contributed by atoms with E-state index < -0.39 is 11.6 Å². The Balaban J connectivity index is 0.000000227. The van der Waals surface area contributed by atoms with Gasteiger partial charge in [-0.05, 0) is 48.5 Å². The number of furan rings is 2. The number of benzene rings is 6. The van der Waals surface area contributed by atoms with Gasteiger partial charge in [0.2, 0.25) is 0 Å². The van der Waals surface area contributed by atoms with Crippen LogP contribution in [0.15, 0.2) is 130 Å². The first-order valence-corrected chi connectivity index (χ1v) is 13.9. The Hall–Kier alpha value is -2.92. The molecule has 8 aromatic rings. The number of carbonyl (C=O) groups is 1. The standard InChI is InChI=1S/C18H12F2O2.C18H10O2.CH2O3.2K.H/c19-15-7-3-1-5-11(15)13-9-18(22)14(10-17(13)21)12-6-2-4-8-16(12)20;1-3-7-15-11(5-1)13-9-18-14(10-17(13)19-15)12-6-2-4-8-16(12)20-18;2-1-4-3;;;/h1-10,21-22H;1-10H;1,3H;;;/q;;;2*+1;-1/p-1. The number of halogens is 2. The van der Waals surface area contributed by atoms with E-state index in [1.54, 1.807) is 12.1 Å². The van der Waals surface area contributed by atoms with Gasteiger partial charge in [-0.3, -0.25) is 4.79 Å². The van der Waals surface area contributed by atoms with Crippen molar-refractivity contribution in [3.63, 3.8) is 0 Å². The second-order valence-corrected chi connectivity index (χ2v) is 10.1. The number of hydrogen-bond donors (Lipinski definition) is 2. The van der Waals surface area contributed by atoms with Crippen LogP contribution in [0.5, 0.6) is 11.5 Å². The Morgan fingerprint density at radius 1 is 0.542 bits per heavy atom. The van der Waals surface area contributed by atoms with Crippen molar-refractivity contribution in [1.82, 2.24) is 0 Å². The summed E-state index contributed by atoms with van der Waals surface area (Å²) in [6.45, 7) is -0.181. The third kappa shape index (κ3) is 7.93. The summed E-state index contributed by atoms with van der Waals surface area (Å²) < 4.78 is 39.5. The molecule has 2 N–H and O–H groups in total. The van der Waals surface area contributed by atoms with Crippen LogP contribution in [0, 0.1) is 11.6 Å². The van der Waals surface area contributed by atoms with Crippen LogP contribution >= 0.6 is 0 Å². The molecule has 6 aromatic carbocycles. The van der Waals surface area contributed by atoms with Gasteiger partial charge in [-0.25, -0.2) is 8.78 Å². The van der Waals surface area contributed by atoms with Gasteiger partial charge < -0.3 is 30.6 Å². The zero-order chi connectivity index (χ0) is 32.2. The Labute approximate surface area is 359 Å². The number of phenols is 2. The average molecular weight is 697 g/mol. The molecule has 8 rings (SSSR count). The van der Waals surface area contributed by atoms with Crippen LogP contribution in [0.2, 0.25) is 0 Å². The van der Waals surface area contributed by atoms with Gasteiger partial charge in [0.25, 0.3) is 6.47 Å². The fourth-order valence-electron chi connectivity index (χ4n) is 5.31. The van der Waals surface area contributed by atoms with Gasteiger partial charge >= 0.3 is 103 Å². The molecule has 0 aliphatic heterocycles. The van der Waals surface area contributed by atoms with Gasteiger partial charge in [-0.2, -0.15) is 0 Å². The SMILES string of the molecule is O=CO[O-].Oc1cc(-c2ccccc2F)c(O)cc1-c1ccccc1F.[H-].[K+].[K+].c1ccc2c(c1)oc1cc3c(cc12)oc1ccccc13. The summed E-state index contributed by atoms with van der Waals surface area (Å²) in [5, 5.41) is 33.2. The Morgan fingerprint density at radius 2 is 0.896 bits per heavy atom. The van der Waals surface area contributed by atoms with Gasteiger partial charge in [0.05, 0.1) is 0 Å². The van der Waals surface area contributed by atoms with Crippen molar-refractivity contribution >= 4 is 50.3 Å². The first-order valence-electron chi connectivity index (χ1n) is 13.9. The topological polar surface area (TPSA) is 116 Å². The van der Waals surface area contributed by atoms with Crippen molar-refractivity contribution in [1.29, 1.82) is 0 Å². The van der Waals surface area contributed by atoms with Crippen LogP contribution in [-0.2, 0) is 9.68 Å². The van der Waals surface area contributed by atoms with E-state index in [1.807, 2.05) is 36.4 Å². The van der Waals surface area contributed by atoms with E-state index in [0.29, 0.717) is 0 Å². The van der Waals surface area contributed by atoms with E-state index in [1.165, 1.54) is 48.5 Å². The summed E-state index contributed by atoms with van der Waals surface area (Å²) in [7, 11) is 0. The van der Waals surface area contributed by atoms with Crippen molar-refractivity contribution in [2.75, 3.05) is 0 Å². The number of rotatable bonds is 3. The zero-order valence-corrected chi connectivity index (χ0v) is 32.1. The van der Waals surface area contributed by atoms with Gasteiger partial charge in [0, 0.05) is 43.8 Å². The minimum absolute atomic E-state index is 0. The van der Waals surface area contributed by atoms with Gasteiger partial charge in [0.1, 0.15) is 45.5 Å². The van der Waals surface area contributed by atoms with Crippen LogP contribution in [-0.4, -0.2) is 16.7 Å². The largest absolute Gasteiger partial charge is 1.00 e. The summed E-state index contributed by atoms with van der Waals surface area (Å²) in [6.07, 6.45) is 0. The molecule has 0 aliphatic carbocycles. The number of phenolic OH excluding ortho intramolecular Hbond substituents is 2. The second-order valence-electron chi connectivity index (χ2n) is 10.1. The van der Waals surface area contributed by atoms with Crippen molar-refractivity contribution in [3.8, 4) is 33.8 Å². The summed E-state index contributed by atoms with van der Waals surface area (Å²) in [5.41, 5.74) is 4.27. The first kappa shape index (κ1) is 37.9. The van der Waals surface area contributed by atoms with Crippen molar-refractivity contribution in [2.24, 2.45) is 0 Å². The normalized spacial score (nSPS) is 10.3. The maximum atomic E-state index is 13.8. The van der Waals surface area contributed by atoms with Crippen molar-refractivity contribution in [3.05, 3.63) is 133 Å². The molecule has 0 saturated heterocycles. The minimum Gasteiger partial charge on any atom is -1.00 e. The van der Waals surface area contributed by atoms with E-state index in [2.05, 4.69) is 29.2 Å². The Bertz CT molecular complexity index is 2200. The molecule has 0 bridgehead atoms. The van der Waals surface area contributed by atoms with Crippen molar-refractivity contribution < 1.29 is 147 Å². The van der Waals surface area contributed by atoms with Crippen LogP contribution in [0.3, 0.4) is 0 Å². The number of carbonyl (C=O) groups excluding carboxylic acids is 1. The molecule has 0 aliphatic rings. The molecule has 48 heavy (non-hydrogen) atoms. The number of aromatic hydroxyl groups is 2. The molecular formula is C37H24F2K2O7. The monoisotopic (exact) mass is 696 g/mol. The quantitative estimate of drug-likeness (QED) is 0.0961. The molecule has 0 radical (unpaired) electrons. The molecule has 230 valence electrons. The second kappa shape index (κ2) is 17.1. The van der Waals surface area contributed by atoms with Crippen molar-refractivity contribution in [2.45, 2.75) is 0 Å². The summed E-state index contributed by atoms with van der Waals surface area (Å²) in [5.74, 6) is -1.51. The number of fused-ring (bicyclic) bond motifs is 6. The van der Waals surface area contributed by atoms with E-state index in [4.69, 9.17) is 18.9 Å². The molecule has 0 saturated carbocycles. The van der Waals surface area contributed by atoms with E-state index in [9.17, 15) is 19.0 Å². The summed E-state index contributed by atoms with van der Waals surface area (Å²) >= 11 is 0. The van der Waals surface area contributed by atoms with E-state index in [-0.39, 0.29) is 144 Å². The van der Waals surface area contributed by atoms with Crippen LogP contribution < -0.4 is 108 Å². The molecule has 0 unspecified atom stereocenters. The molecule has 7 nitrogen and oxygen atoms in total. The first-order chi connectivity index (χ1) is 22.4. The molecule has 2 heterocycles. The van der Waals surface area contributed by atoms with E-state index in [0.717, 1.165) is 43.9 Å². The fourth-order valence-corrected chi connectivity index (χ4v) is 5.31. The molecule has 0 spiro atoms. The molecular weight excluding hydrogens is 673 g/mol. The third-order valence-electron chi connectivity index (χ3n) is 7.36. The van der Waals surface area contributed by atoms with Gasteiger partial charge in [0.15, 0.2) is 0 Å². The maximum Gasteiger partial charge on any atom is 1.00 e. The third-order valence-corrected chi connectivity index (χ3v) is 7.36. The smallest absolute Gasteiger partial charge is 1.00 e. The van der Waals surface area contributed by atoms with Crippen LogP contribution in [0.1, 0.15) is 1.43 Å². The van der Waals surface area contributed by atoms with Crippen LogP contribution in [0.25, 0.3) is 66.1 Å². The predicted octanol–water partition coefficient (Wildman–Crippen LogP) is 2.75. The molecule has 0 fully saturated rings. The molecule has 0 atom stereocenters. The number of para-hydroxylation sites is 2. The Kier molecular flexibility index (Phi) is 13.5. The molecule has 0 amide bonds. The van der Waals surface area contributed by atoms with Gasteiger partial charge in [-0.1, -0.05) is 72.8 Å². The fraction of sp³-hybridized carbons (Fsp3) is 0. The average Bonchev–Trinajstić information content (AvgIpc) is 3.63. The van der Waals surface area contributed by atoms with Crippen LogP contribution in [0.4, 0.5) is 8.78 Å². The maximum absolute atomic E-state index is 13.8.